The van der Waals surface area contributed by atoms with Gasteiger partial charge in [-0.2, -0.15) is 0 Å². The average Bonchev–Trinajstić information content (AvgIpc) is 2.54. The average molecular weight is 240 g/mol. The summed E-state index contributed by atoms with van der Waals surface area (Å²) in [5.74, 6) is -1.34. The third kappa shape index (κ3) is 3.88. The maximum absolute atomic E-state index is 11.8. The molecule has 2 unspecified atom stereocenters. The number of hydrogen-bond donors (Lipinski definition) is 0. The summed E-state index contributed by atoms with van der Waals surface area (Å²) in [6.07, 6.45) is 5.97. The Morgan fingerprint density at radius 2 is 1.65 bits per heavy atom. The Morgan fingerprint density at radius 1 is 1.06 bits per heavy atom. The highest BCUT2D eigenvalue weighted by Crippen LogP contribution is 2.27. The SMILES string of the molecule is CCOC(=O)C1CC=CCCC1C(=O)OCC. The molecule has 0 amide bonds. The molecule has 4 heteroatoms. The summed E-state index contributed by atoms with van der Waals surface area (Å²) in [6.45, 7) is 4.23. The topological polar surface area (TPSA) is 52.6 Å². The molecular weight excluding hydrogens is 220 g/mol. The molecule has 96 valence electrons. The first-order valence-electron chi connectivity index (χ1n) is 6.19. The van der Waals surface area contributed by atoms with Crippen molar-refractivity contribution in [2.45, 2.75) is 33.1 Å². The fraction of sp³-hybridized carbons (Fsp3) is 0.692. The van der Waals surface area contributed by atoms with Crippen molar-refractivity contribution >= 4 is 11.9 Å². The van der Waals surface area contributed by atoms with Crippen molar-refractivity contribution in [1.82, 2.24) is 0 Å². The molecule has 1 rings (SSSR count). The second-order valence-corrected chi connectivity index (χ2v) is 4.00. The van der Waals surface area contributed by atoms with Crippen LogP contribution in [0.3, 0.4) is 0 Å². The normalized spacial score (nSPS) is 23.9. The molecule has 0 aromatic heterocycles. The monoisotopic (exact) mass is 240 g/mol. The largest absolute Gasteiger partial charge is 0.466 e. The predicted molar refractivity (Wildman–Crippen MR) is 63.2 cm³/mol. The van der Waals surface area contributed by atoms with Gasteiger partial charge in [-0.3, -0.25) is 9.59 Å². The number of allylic oxidation sites excluding steroid dienone is 2. The molecule has 0 bridgehead atoms. The van der Waals surface area contributed by atoms with Crippen molar-refractivity contribution in [3.8, 4) is 0 Å². The Bertz CT molecular complexity index is 296. The highest BCUT2D eigenvalue weighted by atomic mass is 16.5. The first-order valence-corrected chi connectivity index (χ1v) is 6.19. The summed E-state index contributed by atoms with van der Waals surface area (Å²) >= 11 is 0. The maximum Gasteiger partial charge on any atom is 0.310 e. The van der Waals surface area contributed by atoms with Gasteiger partial charge in [0.15, 0.2) is 0 Å². The highest BCUT2D eigenvalue weighted by molar-refractivity contribution is 5.82. The van der Waals surface area contributed by atoms with E-state index in [-0.39, 0.29) is 17.9 Å². The van der Waals surface area contributed by atoms with Crippen molar-refractivity contribution in [3.63, 3.8) is 0 Å². The lowest BCUT2D eigenvalue weighted by molar-refractivity contribution is -0.160. The molecule has 0 aromatic rings. The van der Waals surface area contributed by atoms with E-state index in [1.165, 1.54) is 0 Å². The fourth-order valence-electron chi connectivity index (χ4n) is 2.04. The Morgan fingerprint density at radius 3 is 2.24 bits per heavy atom. The second kappa shape index (κ2) is 7.09. The summed E-state index contributed by atoms with van der Waals surface area (Å²) < 4.78 is 10.0. The Balaban J connectivity index is 2.74. The lowest BCUT2D eigenvalue weighted by Crippen LogP contribution is -2.32. The second-order valence-electron chi connectivity index (χ2n) is 4.00. The molecule has 1 aliphatic rings. The van der Waals surface area contributed by atoms with Gasteiger partial charge in [0.05, 0.1) is 25.0 Å². The van der Waals surface area contributed by atoms with Crippen molar-refractivity contribution in [1.29, 1.82) is 0 Å². The van der Waals surface area contributed by atoms with E-state index in [0.717, 1.165) is 6.42 Å². The molecule has 0 aliphatic heterocycles. The summed E-state index contributed by atoms with van der Waals surface area (Å²) in [5.41, 5.74) is 0. The molecular formula is C13H20O4. The van der Waals surface area contributed by atoms with Gasteiger partial charge in [-0.15, -0.1) is 0 Å². The minimum atomic E-state index is -0.396. The zero-order valence-electron chi connectivity index (χ0n) is 10.5. The van der Waals surface area contributed by atoms with Crippen molar-refractivity contribution in [2.75, 3.05) is 13.2 Å². The number of hydrogen-bond acceptors (Lipinski definition) is 4. The lowest BCUT2D eigenvalue weighted by atomic mass is 9.88. The van der Waals surface area contributed by atoms with Crippen LogP contribution in [0.2, 0.25) is 0 Å². The highest BCUT2D eigenvalue weighted by Gasteiger charge is 2.35. The van der Waals surface area contributed by atoms with Gasteiger partial charge < -0.3 is 9.47 Å². The fourth-order valence-corrected chi connectivity index (χ4v) is 2.04. The van der Waals surface area contributed by atoms with Crippen molar-refractivity contribution in [3.05, 3.63) is 12.2 Å². The number of rotatable bonds is 4. The van der Waals surface area contributed by atoms with Gasteiger partial charge in [0.25, 0.3) is 0 Å². The van der Waals surface area contributed by atoms with Gasteiger partial charge in [-0.1, -0.05) is 12.2 Å². The van der Waals surface area contributed by atoms with Gasteiger partial charge >= 0.3 is 11.9 Å². The molecule has 0 aromatic carbocycles. The standard InChI is InChI=1S/C13H20O4/c1-3-16-12(14)10-8-6-5-7-9-11(10)13(15)17-4-2/h5-6,10-11H,3-4,7-9H2,1-2H3. The van der Waals surface area contributed by atoms with Gasteiger partial charge in [0.1, 0.15) is 0 Å². The van der Waals surface area contributed by atoms with Crippen LogP contribution in [0.1, 0.15) is 33.1 Å². The molecule has 0 saturated carbocycles. The number of ether oxygens (including phenoxy) is 2. The third-order valence-corrected chi connectivity index (χ3v) is 2.87. The van der Waals surface area contributed by atoms with Crippen LogP contribution in [-0.4, -0.2) is 25.2 Å². The molecule has 0 radical (unpaired) electrons. The number of esters is 2. The summed E-state index contributed by atoms with van der Waals surface area (Å²) in [4.78, 5) is 23.6. The van der Waals surface area contributed by atoms with Gasteiger partial charge in [-0.05, 0) is 33.1 Å². The van der Waals surface area contributed by atoms with Crippen LogP contribution in [0.15, 0.2) is 12.2 Å². The molecule has 0 heterocycles. The quantitative estimate of drug-likeness (QED) is 0.557. The van der Waals surface area contributed by atoms with Crippen LogP contribution in [0.25, 0.3) is 0 Å². The van der Waals surface area contributed by atoms with E-state index in [1.54, 1.807) is 13.8 Å². The summed E-state index contributed by atoms with van der Waals surface area (Å²) in [5, 5.41) is 0. The lowest BCUT2D eigenvalue weighted by Gasteiger charge is -2.21. The predicted octanol–water partition coefficient (Wildman–Crippen LogP) is 2.09. The van der Waals surface area contributed by atoms with Crippen LogP contribution in [0.5, 0.6) is 0 Å². The molecule has 0 saturated heterocycles. The van der Waals surface area contributed by atoms with E-state index in [0.29, 0.717) is 26.1 Å². The first-order chi connectivity index (χ1) is 8.20. The Hall–Kier alpha value is -1.32. The van der Waals surface area contributed by atoms with Crippen LogP contribution in [0, 0.1) is 11.8 Å². The Kier molecular flexibility index (Phi) is 5.73. The molecule has 0 N–H and O–H groups in total. The summed E-state index contributed by atoms with van der Waals surface area (Å²) in [6, 6.07) is 0. The van der Waals surface area contributed by atoms with E-state index in [4.69, 9.17) is 9.47 Å². The summed E-state index contributed by atoms with van der Waals surface area (Å²) in [7, 11) is 0. The molecule has 0 fully saturated rings. The minimum Gasteiger partial charge on any atom is -0.466 e. The van der Waals surface area contributed by atoms with Gasteiger partial charge in [0.2, 0.25) is 0 Å². The minimum absolute atomic E-state index is 0.283. The van der Waals surface area contributed by atoms with Crippen LogP contribution in [-0.2, 0) is 19.1 Å². The molecule has 0 spiro atoms. The number of carbonyl (C=O) groups excluding carboxylic acids is 2. The van der Waals surface area contributed by atoms with Crippen molar-refractivity contribution in [2.24, 2.45) is 11.8 Å². The Labute approximate surface area is 102 Å². The third-order valence-electron chi connectivity index (χ3n) is 2.87. The van der Waals surface area contributed by atoms with Crippen LogP contribution in [0.4, 0.5) is 0 Å². The van der Waals surface area contributed by atoms with E-state index in [1.807, 2.05) is 12.2 Å². The van der Waals surface area contributed by atoms with Crippen LogP contribution >= 0.6 is 0 Å². The molecule has 17 heavy (non-hydrogen) atoms. The van der Waals surface area contributed by atoms with Gasteiger partial charge in [0, 0.05) is 0 Å². The van der Waals surface area contributed by atoms with E-state index >= 15 is 0 Å². The smallest absolute Gasteiger partial charge is 0.310 e. The van der Waals surface area contributed by atoms with E-state index in [2.05, 4.69) is 0 Å². The molecule has 4 nitrogen and oxygen atoms in total. The maximum atomic E-state index is 11.8. The molecule has 1 aliphatic carbocycles. The zero-order valence-corrected chi connectivity index (χ0v) is 10.5. The van der Waals surface area contributed by atoms with Crippen LogP contribution < -0.4 is 0 Å². The van der Waals surface area contributed by atoms with Gasteiger partial charge in [-0.25, -0.2) is 0 Å². The first kappa shape index (κ1) is 13.7. The van der Waals surface area contributed by atoms with Crippen molar-refractivity contribution < 1.29 is 19.1 Å². The number of carbonyl (C=O) groups is 2. The zero-order chi connectivity index (χ0) is 12.7. The molecule has 2 atom stereocenters. The van der Waals surface area contributed by atoms with E-state index in [9.17, 15) is 9.59 Å². The van der Waals surface area contributed by atoms with E-state index < -0.39 is 5.92 Å².